The Morgan fingerprint density at radius 1 is 1.20 bits per heavy atom. The Balaban J connectivity index is 2.17. The van der Waals surface area contributed by atoms with Crippen LogP contribution in [0.25, 0.3) is 10.8 Å². The maximum Gasteiger partial charge on any atom is 0.174 e. The number of rotatable bonds is 4. The van der Waals surface area contributed by atoms with Crippen LogP contribution in [0.1, 0.15) is 24.1 Å². The third-order valence-corrected chi connectivity index (χ3v) is 4.02. The number of benzene rings is 1. The van der Waals surface area contributed by atoms with E-state index in [1.54, 1.807) is 6.26 Å². The van der Waals surface area contributed by atoms with Gasteiger partial charge in [-0.25, -0.2) is 0 Å². The highest BCUT2D eigenvalue weighted by molar-refractivity contribution is 9.10. The highest BCUT2D eigenvalue weighted by Gasteiger charge is 2.20. The Kier molecular flexibility index (Phi) is 3.85. The zero-order chi connectivity index (χ0) is 13.9. The summed E-state index contributed by atoms with van der Waals surface area (Å²) in [6, 6.07) is 10.3. The van der Waals surface area contributed by atoms with E-state index in [1.165, 1.54) is 5.39 Å². The van der Waals surface area contributed by atoms with E-state index in [2.05, 4.69) is 51.4 Å². The molecule has 1 unspecified atom stereocenters. The van der Waals surface area contributed by atoms with E-state index in [1.807, 2.05) is 24.5 Å². The first-order valence-corrected chi connectivity index (χ1v) is 7.39. The van der Waals surface area contributed by atoms with Crippen LogP contribution in [0.3, 0.4) is 0 Å². The predicted molar refractivity (Wildman–Crippen MR) is 83.7 cm³/mol. The minimum Gasteiger partial charge on any atom is -0.457 e. The van der Waals surface area contributed by atoms with E-state index < -0.39 is 0 Å². The number of furan rings is 1. The molecule has 1 atom stereocenters. The third kappa shape index (κ3) is 2.37. The van der Waals surface area contributed by atoms with Crippen molar-refractivity contribution in [1.82, 2.24) is 10.3 Å². The number of hydrogen-bond acceptors (Lipinski definition) is 3. The lowest BCUT2D eigenvalue weighted by Crippen LogP contribution is -2.22. The summed E-state index contributed by atoms with van der Waals surface area (Å²) in [4.78, 5) is 4.37. The van der Waals surface area contributed by atoms with Gasteiger partial charge in [0.1, 0.15) is 0 Å². The largest absolute Gasteiger partial charge is 0.457 e. The Hall–Kier alpha value is -1.65. The fraction of sp³-hybridized carbons (Fsp3) is 0.188. The third-order valence-electron chi connectivity index (χ3n) is 3.38. The average Bonchev–Trinajstić information content (AvgIpc) is 2.90. The molecule has 0 aliphatic rings. The number of nitrogens with zero attached hydrogens (tertiary/aromatic N) is 1. The van der Waals surface area contributed by atoms with Crippen molar-refractivity contribution in [2.45, 2.75) is 13.0 Å². The molecule has 102 valence electrons. The lowest BCUT2D eigenvalue weighted by molar-refractivity contribution is 0.527. The molecule has 3 aromatic rings. The molecule has 4 heteroatoms. The summed E-state index contributed by atoms with van der Waals surface area (Å²) in [5.74, 6) is 0. The summed E-state index contributed by atoms with van der Waals surface area (Å²) >= 11 is 3.47. The molecule has 0 saturated carbocycles. The second kappa shape index (κ2) is 5.77. The Morgan fingerprint density at radius 3 is 2.80 bits per heavy atom. The summed E-state index contributed by atoms with van der Waals surface area (Å²) in [5.41, 5.74) is 2.25. The molecule has 0 aliphatic heterocycles. The van der Waals surface area contributed by atoms with Crippen LogP contribution < -0.4 is 5.32 Å². The molecule has 0 fully saturated rings. The SMILES string of the molecule is CCNC(c1ccoc1Br)c1cncc2ccccc12. The van der Waals surface area contributed by atoms with E-state index in [4.69, 9.17) is 4.42 Å². The van der Waals surface area contributed by atoms with Crippen LogP contribution >= 0.6 is 15.9 Å². The lowest BCUT2D eigenvalue weighted by Gasteiger charge is -2.19. The van der Waals surface area contributed by atoms with Crippen LogP contribution in [0.4, 0.5) is 0 Å². The number of pyridine rings is 1. The highest BCUT2D eigenvalue weighted by Crippen LogP contribution is 2.32. The maximum atomic E-state index is 5.38. The molecule has 1 aromatic carbocycles. The first-order valence-electron chi connectivity index (χ1n) is 6.60. The van der Waals surface area contributed by atoms with Crippen LogP contribution in [0.2, 0.25) is 0 Å². The van der Waals surface area contributed by atoms with Gasteiger partial charge in [-0.05, 0) is 39.5 Å². The van der Waals surface area contributed by atoms with Gasteiger partial charge in [0.15, 0.2) is 4.67 Å². The van der Waals surface area contributed by atoms with E-state index in [9.17, 15) is 0 Å². The number of halogens is 1. The average molecular weight is 331 g/mol. The number of hydrogen-bond donors (Lipinski definition) is 1. The van der Waals surface area contributed by atoms with Crippen LogP contribution in [-0.2, 0) is 0 Å². The Morgan fingerprint density at radius 2 is 2.05 bits per heavy atom. The van der Waals surface area contributed by atoms with E-state index in [-0.39, 0.29) is 6.04 Å². The fourth-order valence-electron chi connectivity index (χ4n) is 2.47. The summed E-state index contributed by atoms with van der Waals surface area (Å²) in [7, 11) is 0. The van der Waals surface area contributed by atoms with Crippen molar-refractivity contribution in [3.8, 4) is 0 Å². The topological polar surface area (TPSA) is 38.1 Å². The van der Waals surface area contributed by atoms with Crippen molar-refractivity contribution >= 4 is 26.7 Å². The van der Waals surface area contributed by atoms with Crippen molar-refractivity contribution in [2.24, 2.45) is 0 Å². The monoisotopic (exact) mass is 330 g/mol. The van der Waals surface area contributed by atoms with Gasteiger partial charge in [-0.1, -0.05) is 31.2 Å². The van der Waals surface area contributed by atoms with Crippen LogP contribution in [-0.4, -0.2) is 11.5 Å². The van der Waals surface area contributed by atoms with Gasteiger partial charge in [0.2, 0.25) is 0 Å². The lowest BCUT2D eigenvalue weighted by atomic mass is 9.97. The number of nitrogens with one attached hydrogen (secondary N) is 1. The maximum absolute atomic E-state index is 5.38. The summed E-state index contributed by atoms with van der Waals surface area (Å²) in [6.45, 7) is 2.96. The molecular weight excluding hydrogens is 316 g/mol. The molecule has 2 aromatic heterocycles. The first-order chi connectivity index (χ1) is 9.81. The molecule has 0 bridgehead atoms. The van der Waals surface area contributed by atoms with Gasteiger partial charge >= 0.3 is 0 Å². The Bertz CT molecular complexity index is 718. The first kappa shape index (κ1) is 13.3. The van der Waals surface area contributed by atoms with Gasteiger partial charge in [-0.15, -0.1) is 0 Å². The predicted octanol–water partition coefficient (Wildman–Crippen LogP) is 4.29. The Labute approximate surface area is 126 Å². The van der Waals surface area contributed by atoms with Crippen LogP contribution in [0.15, 0.2) is 58.1 Å². The summed E-state index contributed by atoms with van der Waals surface area (Å²) in [6.07, 6.45) is 5.52. The van der Waals surface area contributed by atoms with Gasteiger partial charge in [-0.3, -0.25) is 4.98 Å². The zero-order valence-corrected chi connectivity index (χ0v) is 12.7. The highest BCUT2D eigenvalue weighted by atomic mass is 79.9. The molecule has 0 spiro atoms. The minimum absolute atomic E-state index is 0.0618. The quantitative estimate of drug-likeness (QED) is 0.775. The fourth-order valence-corrected chi connectivity index (χ4v) is 2.94. The molecule has 3 nitrogen and oxygen atoms in total. The molecule has 2 heterocycles. The molecule has 0 saturated heterocycles. The van der Waals surface area contributed by atoms with Crippen molar-refractivity contribution in [2.75, 3.05) is 6.54 Å². The molecule has 0 amide bonds. The van der Waals surface area contributed by atoms with Crippen molar-refractivity contribution in [1.29, 1.82) is 0 Å². The molecule has 20 heavy (non-hydrogen) atoms. The molecular formula is C16H15BrN2O. The van der Waals surface area contributed by atoms with Crippen molar-refractivity contribution < 1.29 is 4.42 Å². The van der Waals surface area contributed by atoms with Gasteiger partial charge < -0.3 is 9.73 Å². The molecule has 3 rings (SSSR count). The van der Waals surface area contributed by atoms with Gasteiger partial charge in [-0.2, -0.15) is 0 Å². The van der Waals surface area contributed by atoms with Crippen LogP contribution in [0.5, 0.6) is 0 Å². The second-order valence-corrected chi connectivity index (χ2v) is 5.31. The van der Waals surface area contributed by atoms with E-state index >= 15 is 0 Å². The molecule has 1 N–H and O–H groups in total. The standard InChI is InChI=1S/C16H15BrN2O/c1-2-19-15(13-7-8-20-16(13)17)14-10-18-9-11-5-3-4-6-12(11)14/h3-10,15,19H,2H2,1H3. The second-order valence-electron chi connectivity index (χ2n) is 4.59. The van der Waals surface area contributed by atoms with Gasteiger partial charge in [0.25, 0.3) is 0 Å². The smallest absolute Gasteiger partial charge is 0.174 e. The zero-order valence-electron chi connectivity index (χ0n) is 11.1. The molecule has 0 aliphatic carbocycles. The van der Waals surface area contributed by atoms with E-state index in [0.717, 1.165) is 27.7 Å². The normalized spacial score (nSPS) is 12.7. The molecule has 0 radical (unpaired) electrons. The summed E-state index contributed by atoms with van der Waals surface area (Å²) in [5, 5.41) is 5.86. The van der Waals surface area contributed by atoms with E-state index in [0.29, 0.717) is 0 Å². The van der Waals surface area contributed by atoms with Crippen LogP contribution in [0, 0.1) is 0 Å². The van der Waals surface area contributed by atoms with Gasteiger partial charge in [0, 0.05) is 23.3 Å². The minimum atomic E-state index is 0.0618. The van der Waals surface area contributed by atoms with Gasteiger partial charge in [0.05, 0.1) is 12.3 Å². The number of fused-ring (bicyclic) bond motifs is 1. The number of aromatic nitrogens is 1. The van der Waals surface area contributed by atoms with Crippen molar-refractivity contribution in [3.05, 3.63) is 64.8 Å². The van der Waals surface area contributed by atoms with Crippen molar-refractivity contribution in [3.63, 3.8) is 0 Å². The summed E-state index contributed by atoms with van der Waals surface area (Å²) < 4.78 is 6.14.